The van der Waals surface area contributed by atoms with Crippen LogP contribution in [0.3, 0.4) is 0 Å². The molecule has 0 unspecified atom stereocenters. The summed E-state index contributed by atoms with van der Waals surface area (Å²) < 4.78 is 20.5. The summed E-state index contributed by atoms with van der Waals surface area (Å²) in [6, 6.07) is 11.9. The van der Waals surface area contributed by atoms with Gasteiger partial charge in [0.1, 0.15) is 11.9 Å². The summed E-state index contributed by atoms with van der Waals surface area (Å²) in [6.07, 6.45) is -0.141. The van der Waals surface area contributed by atoms with Crippen LogP contribution < -0.4 is 4.90 Å². The van der Waals surface area contributed by atoms with Crippen molar-refractivity contribution in [1.82, 2.24) is 4.98 Å². The molecule has 1 aliphatic heterocycles. The quantitative estimate of drug-likeness (QED) is 0.442. The minimum Gasteiger partial charge on any atom is -0.455 e. The lowest BCUT2D eigenvalue weighted by atomic mass is 10.2. The van der Waals surface area contributed by atoms with Crippen molar-refractivity contribution in [2.24, 2.45) is 0 Å². The molecule has 4 rings (SSSR count). The molecule has 1 fully saturated rings. The van der Waals surface area contributed by atoms with Crippen molar-refractivity contribution < 1.29 is 13.9 Å². The number of anilines is 1. The molecular formula is C17H12FIN2O2S. The molecule has 0 spiro atoms. The van der Waals surface area contributed by atoms with Crippen LogP contribution in [0.2, 0.25) is 0 Å². The highest BCUT2D eigenvalue weighted by Crippen LogP contribution is 2.32. The maximum atomic E-state index is 13.2. The fourth-order valence-electron chi connectivity index (χ4n) is 2.53. The summed E-state index contributed by atoms with van der Waals surface area (Å²) in [5.74, 6) is -0.554. The number of halogens is 2. The average Bonchev–Trinajstić information content (AvgIpc) is 2.93. The minimum absolute atomic E-state index is 0.141. The van der Waals surface area contributed by atoms with Gasteiger partial charge in [-0.15, -0.1) is 0 Å². The molecule has 7 heteroatoms. The fraction of sp³-hybridized carbons (Fsp3) is 0.176. The van der Waals surface area contributed by atoms with Crippen molar-refractivity contribution in [3.05, 3.63) is 57.4 Å². The standard InChI is InChI=1S/C17H12FIN2O2S/c18-10-5-6-14-15(7-10)24-17(20-14)21-8-11(9-21)23-16(22)12-3-1-2-4-13(12)19/h1-7,11H,8-9H2. The zero-order valence-corrected chi connectivity index (χ0v) is 15.4. The van der Waals surface area contributed by atoms with Crippen LogP contribution >= 0.6 is 33.9 Å². The van der Waals surface area contributed by atoms with Crippen LogP contribution in [0.1, 0.15) is 10.4 Å². The van der Waals surface area contributed by atoms with Gasteiger partial charge in [-0.3, -0.25) is 0 Å². The first-order valence-corrected chi connectivity index (χ1v) is 9.26. The van der Waals surface area contributed by atoms with Gasteiger partial charge >= 0.3 is 5.97 Å². The summed E-state index contributed by atoms with van der Waals surface area (Å²) in [4.78, 5) is 18.7. The molecule has 0 amide bonds. The van der Waals surface area contributed by atoms with Crippen LogP contribution in [0.25, 0.3) is 10.2 Å². The number of nitrogens with zero attached hydrogens (tertiary/aromatic N) is 2. The van der Waals surface area contributed by atoms with E-state index in [0.717, 1.165) is 18.9 Å². The molecule has 24 heavy (non-hydrogen) atoms. The number of esters is 1. The van der Waals surface area contributed by atoms with Crippen molar-refractivity contribution >= 4 is 55.2 Å². The van der Waals surface area contributed by atoms with E-state index in [1.165, 1.54) is 23.5 Å². The summed E-state index contributed by atoms with van der Waals surface area (Å²) in [7, 11) is 0. The number of rotatable bonds is 3. The fourth-order valence-corrected chi connectivity index (χ4v) is 4.15. The van der Waals surface area contributed by atoms with Gasteiger partial charge < -0.3 is 9.64 Å². The van der Waals surface area contributed by atoms with Gasteiger partial charge in [-0.2, -0.15) is 0 Å². The van der Waals surface area contributed by atoms with E-state index in [1.807, 2.05) is 23.1 Å². The second-order valence-corrected chi connectivity index (χ2v) is 7.69. The van der Waals surface area contributed by atoms with Crippen molar-refractivity contribution in [3.63, 3.8) is 0 Å². The molecule has 2 heterocycles. The molecule has 1 aromatic heterocycles. The number of carbonyl (C=O) groups is 1. The molecule has 1 saturated heterocycles. The molecule has 122 valence electrons. The Balaban J connectivity index is 1.40. The smallest absolute Gasteiger partial charge is 0.339 e. The second-order valence-electron chi connectivity index (χ2n) is 5.52. The largest absolute Gasteiger partial charge is 0.455 e. The lowest BCUT2D eigenvalue weighted by Crippen LogP contribution is -2.53. The molecule has 0 bridgehead atoms. The normalized spacial score (nSPS) is 14.7. The lowest BCUT2D eigenvalue weighted by molar-refractivity contribution is 0.0233. The van der Waals surface area contributed by atoms with Crippen molar-refractivity contribution in [1.29, 1.82) is 0 Å². The number of carbonyl (C=O) groups excluding carboxylic acids is 1. The molecule has 1 aliphatic rings. The van der Waals surface area contributed by atoms with Crippen LogP contribution in [-0.2, 0) is 4.74 Å². The SMILES string of the molecule is O=C(OC1CN(c2nc3ccc(F)cc3s2)C1)c1ccccc1I. The third kappa shape index (κ3) is 2.98. The topological polar surface area (TPSA) is 42.4 Å². The number of hydrogen-bond donors (Lipinski definition) is 0. The monoisotopic (exact) mass is 454 g/mol. The van der Waals surface area contributed by atoms with Crippen molar-refractivity contribution in [3.8, 4) is 0 Å². The maximum Gasteiger partial charge on any atom is 0.339 e. The Morgan fingerprint density at radius 3 is 2.88 bits per heavy atom. The Hall–Kier alpha value is -1.74. The number of fused-ring (bicyclic) bond motifs is 1. The number of aromatic nitrogens is 1. The van der Waals surface area contributed by atoms with Gasteiger partial charge in [0.15, 0.2) is 5.13 Å². The van der Waals surface area contributed by atoms with Gasteiger partial charge in [0.05, 0.1) is 28.9 Å². The number of benzene rings is 2. The highest BCUT2D eigenvalue weighted by Gasteiger charge is 2.32. The van der Waals surface area contributed by atoms with E-state index < -0.39 is 0 Å². The summed E-state index contributed by atoms with van der Waals surface area (Å²) in [6.45, 7) is 1.22. The molecule has 0 saturated carbocycles. The molecule has 0 aliphatic carbocycles. The third-order valence-electron chi connectivity index (χ3n) is 3.83. The van der Waals surface area contributed by atoms with E-state index in [-0.39, 0.29) is 17.9 Å². The van der Waals surface area contributed by atoms with Gasteiger partial charge in [-0.05, 0) is 52.9 Å². The van der Waals surface area contributed by atoms with Crippen LogP contribution in [0, 0.1) is 9.39 Å². The molecular weight excluding hydrogens is 442 g/mol. The van der Waals surface area contributed by atoms with E-state index >= 15 is 0 Å². The molecule has 0 N–H and O–H groups in total. The Morgan fingerprint density at radius 1 is 1.29 bits per heavy atom. The van der Waals surface area contributed by atoms with Crippen LogP contribution in [0.5, 0.6) is 0 Å². The Morgan fingerprint density at radius 2 is 2.08 bits per heavy atom. The highest BCUT2D eigenvalue weighted by molar-refractivity contribution is 14.1. The molecule has 2 aromatic carbocycles. The molecule has 3 aromatic rings. The first-order chi connectivity index (χ1) is 11.6. The van der Waals surface area contributed by atoms with Crippen molar-refractivity contribution in [2.75, 3.05) is 18.0 Å². The van der Waals surface area contributed by atoms with E-state index in [1.54, 1.807) is 12.1 Å². The predicted octanol–water partition coefficient (Wildman–Crippen LogP) is 4.09. The Bertz CT molecular complexity index is 924. The van der Waals surface area contributed by atoms with Crippen LogP contribution in [-0.4, -0.2) is 30.1 Å². The third-order valence-corrected chi connectivity index (χ3v) is 5.84. The summed E-state index contributed by atoms with van der Waals surface area (Å²) >= 11 is 3.57. The zero-order chi connectivity index (χ0) is 16.7. The van der Waals surface area contributed by atoms with E-state index in [2.05, 4.69) is 27.6 Å². The first-order valence-electron chi connectivity index (χ1n) is 7.37. The zero-order valence-electron chi connectivity index (χ0n) is 12.4. The van der Waals surface area contributed by atoms with E-state index in [4.69, 9.17) is 4.74 Å². The van der Waals surface area contributed by atoms with Crippen molar-refractivity contribution in [2.45, 2.75) is 6.10 Å². The Labute approximate surface area is 155 Å². The van der Waals surface area contributed by atoms with Gasteiger partial charge in [-0.25, -0.2) is 14.2 Å². The van der Waals surface area contributed by atoms with Gasteiger partial charge in [0.2, 0.25) is 0 Å². The summed E-state index contributed by atoms with van der Waals surface area (Å²) in [5, 5.41) is 0.831. The second kappa shape index (κ2) is 6.29. The van der Waals surface area contributed by atoms with E-state index in [0.29, 0.717) is 18.7 Å². The van der Waals surface area contributed by atoms with E-state index in [9.17, 15) is 9.18 Å². The molecule has 4 nitrogen and oxygen atoms in total. The molecule has 0 atom stereocenters. The van der Waals surface area contributed by atoms with Crippen LogP contribution in [0.4, 0.5) is 9.52 Å². The van der Waals surface area contributed by atoms with Gasteiger partial charge in [0.25, 0.3) is 0 Å². The highest BCUT2D eigenvalue weighted by atomic mass is 127. The summed E-state index contributed by atoms with van der Waals surface area (Å²) in [5.41, 5.74) is 1.38. The number of hydrogen-bond acceptors (Lipinski definition) is 5. The average molecular weight is 454 g/mol. The maximum absolute atomic E-state index is 13.2. The van der Waals surface area contributed by atoms with Gasteiger partial charge in [-0.1, -0.05) is 23.5 Å². The van der Waals surface area contributed by atoms with Crippen LogP contribution in [0.15, 0.2) is 42.5 Å². The number of thiazole rings is 1. The Kier molecular flexibility index (Phi) is 4.13. The van der Waals surface area contributed by atoms with Gasteiger partial charge in [0, 0.05) is 3.57 Å². The minimum atomic E-state index is -0.295. The first kappa shape index (κ1) is 15.8. The molecule has 0 radical (unpaired) electrons. The lowest BCUT2D eigenvalue weighted by Gasteiger charge is -2.38. The number of ether oxygens (including phenoxy) is 1. The predicted molar refractivity (Wildman–Crippen MR) is 100 cm³/mol.